The largest absolute Gasteiger partial charge is 0.505 e. The molecule has 0 fully saturated rings. The number of rotatable bonds is 4. The van der Waals surface area contributed by atoms with Gasteiger partial charge in [0.15, 0.2) is 57.7 Å². The van der Waals surface area contributed by atoms with Crippen LogP contribution in [0.1, 0.15) is 107 Å². The molecular formula is C37H45F5O7. The van der Waals surface area contributed by atoms with Crippen molar-refractivity contribution in [2.45, 2.75) is 86.0 Å². The van der Waals surface area contributed by atoms with Crippen LogP contribution in [-0.4, -0.2) is 35.7 Å². The molecule has 0 unspecified atom stereocenters. The van der Waals surface area contributed by atoms with Gasteiger partial charge >= 0.3 is 0 Å². The number of halogens is 5. The second-order valence-corrected chi connectivity index (χ2v) is 12.4. The van der Waals surface area contributed by atoms with Crippen molar-refractivity contribution in [1.82, 2.24) is 0 Å². The summed E-state index contributed by atoms with van der Waals surface area (Å²) in [6, 6.07) is 8.64. The van der Waals surface area contributed by atoms with Crippen LogP contribution >= 0.6 is 0 Å². The molecule has 0 bridgehead atoms. The van der Waals surface area contributed by atoms with Gasteiger partial charge in [-0.15, -0.1) is 0 Å². The molecule has 0 aliphatic rings. The van der Waals surface area contributed by atoms with E-state index in [2.05, 4.69) is 0 Å². The fraction of sp³-hybridized carbons (Fsp3) is 0.351. The monoisotopic (exact) mass is 696 g/mol. The summed E-state index contributed by atoms with van der Waals surface area (Å²) in [6.45, 7) is 15.8. The third kappa shape index (κ3) is 11.4. The van der Waals surface area contributed by atoms with Crippen LogP contribution in [-0.2, 0) is 0 Å². The Hall–Kier alpha value is -4.87. The number of phenols is 7. The van der Waals surface area contributed by atoms with E-state index in [-0.39, 0.29) is 40.5 Å². The first-order valence-corrected chi connectivity index (χ1v) is 15.3. The summed E-state index contributed by atoms with van der Waals surface area (Å²) in [4.78, 5) is 0. The number of phenolic OH excluding ortho intramolecular Hbond substituents is 7. The lowest BCUT2D eigenvalue weighted by Crippen LogP contribution is -1.97. The van der Waals surface area contributed by atoms with Gasteiger partial charge in [0.1, 0.15) is 11.6 Å². The maximum Gasteiger partial charge on any atom is 0.194 e. The van der Waals surface area contributed by atoms with Crippen LogP contribution in [0.2, 0.25) is 0 Å². The SMILES string of the molecule is CC(C)c1cc(O)c(O)c(F)c1.CC(C)c1cc(O)c(O)cc1F.CC(C)c1ccc(O)c(O)c1F.Cc1c(F)cc(C(C)C)c(F)c1O. The lowest BCUT2D eigenvalue weighted by Gasteiger charge is -2.10. The average molecular weight is 697 g/mol. The highest BCUT2D eigenvalue weighted by molar-refractivity contribution is 5.44. The van der Waals surface area contributed by atoms with Gasteiger partial charge in [-0.1, -0.05) is 61.5 Å². The summed E-state index contributed by atoms with van der Waals surface area (Å²) in [5.41, 5.74) is 1.65. The molecule has 0 heterocycles. The van der Waals surface area contributed by atoms with Crippen LogP contribution in [0.3, 0.4) is 0 Å². The van der Waals surface area contributed by atoms with Crippen molar-refractivity contribution in [2.75, 3.05) is 0 Å². The Labute approximate surface area is 283 Å². The second-order valence-electron chi connectivity index (χ2n) is 12.4. The Balaban J connectivity index is 0.000000327. The summed E-state index contributed by atoms with van der Waals surface area (Å²) in [5, 5.41) is 63.0. The summed E-state index contributed by atoms with van der Waals surface area (Å²) < 4.78 is 65.2. The first-order valence-electron chi connectivity index (χ1n) is 15.3. The summed E-state index contributed by atoms with van der Waals surface area (Å²) in [5.74, 6) is -6.74. The first kappa shape index (κ1) is 42.2. The minimum absolute atomic E-state index is 0.00324. The fourth-order valence-electron chi connectivity index (χ4n) is 4.11. The molecule has 49 heavy (non-hydrogen) atoms. The van der Waals surface area contributed by atoms with Crippen molar-refractivity contribution in [2.24, 2.45) is 0 Å². The van der Waals surface area contributed by atoms with Crippen molar-refractivity contribution in [1.29, 1.82) is 0 Å². The number of benzene rings is 4. The van der Waals surface area contributed by atoms with Crippen molar-refractivity contribution < 1.29 is 57.7 Å². The quantitative estimate of drug-likeness (QED) is 0.0832. The Morgan fingerprint density at radius 3 is 1.37 bits per heavy atom. The van der Waals surface area contributed by atoms with E-state index in [1.165, 1.54) is 37.3 Å². The van der Waals surface area contributed by atoms with Crippen LogP contribution in [0.25, 0.3) is 0 Å². The molecule has 0 aromatic heterocycles. The highest BCUT2D eigenvalue weighted by Crippen LogP contribution is 2.34. The molecule has 0 aliphatic heterocycles. The van der Waals surface area contributed by atoms with Crippen molar-refractivity contribution in [3.63, 3.8) is 0 Å². The van der Waals surface area contributed by atoms with Gasteiger partial charge < -0.3 is 35.7 Å². The fourth-order valence-corrected chi connectivity index (χ4v) is 4.11. The molecule has 4 rings (SSSR count). The number of hydrogen-bond donors (Lipinski definition) is 7. The standard InChI is InChI=1S/C10H12F2O.3C9H11FO2/c1-5(2)7-4-8(11)6(3)10(13)9(7)12;1-5(2)6-3-8(11)9(12)4-7(6)10;1-5(2)6-3-7(10)9(12)8(11)4-6;1-5(2)6-3-4-7(11)9(12)8(6)10/h4-5,13H,1-3H3;3*3-5,11-12H,1-2H3. The highest BCUT2D eigenvalue weighted by atomic mass is 19.1. The normalized spacial score (nSPS) is 10.7. The van der Waals surface area contributed by atoms with E-state index in [1.54, 1.807) is 13.8 Å². The number of hydrogen-bond acceptors (Lipinski definition) is 7. The van der Waals surface area contributed by atoms with Crippen LogP contribution in [0.5, 0.6) is 40.2 Å². The van der Waals surface area contributed by atoms with E-state index in [0.29, 0.717) is 16.7 Å². The topological polar surface area (TPSA) is 142 Å². The zero-order chi connectivity index (χ0) is 38.1. The van der Waals surface area contributed by atoms with Crippen LogP contribution in [0, 0.1) is 36.0 Å². The highest BCUT2D eigenvalue weighted by Gasteiger charge is 2.17. The van der Waals surface area contributed by atoms with Crippen LogP contribution in [0.4, 0.5) is 22.0 Å². The molecule has 0 aliphatic carbocycles. The molecule has 4 aromatic rings. The zero-order valence-electron chi connectivity index (χ0n) is 28.9. The van der Waals surface area contributed by atoms with E-state index < -0.39 is 63.6 Å². The molecule has 7 N–H and O–H groups in total. The minimum Gasteiger partial charge on any atom is -0.505 e. The molecule has 270 valence electrons. The van der Waals surface area contributed by atoms with Gasteiger partial charge in [-0.2, -0.15) is 0 Å². The minimum atomic E-state index is -0.779. The third-order valence-electron chi connectivity index (χ3n) is 7.27. The van der Waals surface area contributed by atoms with Crippen molar-refractivity contribution in [3.8, 4) is 40.2 Å². The smallest absolute Gasteiger partial charge is 0.194 e. The molecular weight excluding hydrogens is 651 g/mol. The first-order chi connectivity index (χ1) is 22.5. The lowest BCUT2D eigenvalue weighted by atomic mass is 10.00. The molecule has 4 aromatic carbocycles. The van der Waals surface area contributed by atoms with Crippen molar-refractivity contribution in [3.05, 3.63) is 99.4 Å². The zero-order valence-corrected chi connectivity index (χ0v) is 28.9. The van der Waals surface area contributed by atoms with Gasteiger partial charge in [0.05, 0.1) is 0 Å². The van der Waals surface area contributed by atoms with Gasteiger partial charge in [0.2, 0.25) is 0 Å². The molecule has 0 saturated carbocycles. The van der Waals surface area contributed by atoms with E-state index in [1.807, 2.05) is 41.5 Å². The Kier molecular flexibility index (Phi) is 15.5. The number of aromatic hydroxyl groups is 7. The van der Waals surface area contributed by atoms with Gasteiger partial charge in [-0.05, 0) is 83.2 Å². The van der Waals surface area contributed by atoms with Crippen LogP contribution < -0.4 is 0 Å². The van der Waals surface area contributed by atoms with E-state index >= 15 is 0 Å². The second kappa shape index (κ2) is 18.0. The van der Waals surface area contributed by atoms with Crippen LogP contribution in [0.15, 0.2) is 42.5 Å². The van der Waals surface area contributed by atoms with E-state index in [9.17, 15) is 27.1 Å². The lowest BCUT2D eigenvalue weighted by molar-refractivity contribution is 0.375. The summed E-state index contributed by atoms with van der Waals surface area (Å²) in [6.07, 6.45) is 0. The predicted molar refractivity (Wildman–Crippen MR) is 178 cm³/mol. The van der Waals surface area contributed by atoms with Gasteiger partial charge in [0, 0.05) is 11.6 Å². The van der Waals surface area contributed by atoms with E-state index in [0.717, 1.165) is 12.1 Å². The molecule has 12 heteroatoms. The Morgan fingerprint density at radius 1 is 0.408 bits per heavy atom. The molecule has 0 amide bonds. The molecule has 7 nitrogen and oxygen atoms in total. The Bertz CT molecular complexity index is 1690. The predicted octanol–water partition coefficient (Wildman–Crippen LogP) is 10.2. The molecule has 0 spiro atoms. The third-order valence-corrected chi connectivity index (χ3v) is 7.27. The van der Waals surface area contributed by atoms with Gasteiger partial charge in [0.25, 0.3) is 0 Å². The van der Waals surface area contributed by atoms with Crippen molar-refractivity contribution >= 4 is 0 Å². The van der Waals surface area contributed by atoms with Gasteiger partial charge in [-0.3, -0.25) is 0 Å². The molecule has 0 saturated heterocycles. The van der Waals surface area contributed by atoms with Gasteiger partial charge in [-0.25, -0.2) is 22.0 Å². The molecule has 0 radical (unpaired) electrons. The Morgan fingerprint density at radius 2 is 0.898 bits per heavy atom. The van der Waals surface area contributed by atoms with E-state index in [4.69, 9.17) is 30.6 Å². The molecule has 0 atom stereocenters. The maximum absolute atomic E-state index is 13.3. The maximum atomic E-state index is 13.3. The summed E-state index contributed by atoms with van der Waals surface area (Å²) in [7, 11) is 0. The summed E-state index contributed by atoms with van der Waals surface area (Å²) >= 11 is 0. The average Bonchev–Trinajstić information content (AvgIpc) is 3.01.